The predicted octanol–water partition coefficient (Wildman–Crippen LogP) is 2.83. The normalized spacial score (nSPS) is 22.6. The summed E-state index contributed by atoms with van der Waals surface area (Å²) in [5.41, 5.74) is 2.65. The lowest BCUT2D eigenvalue weighted by molar-refractivity contribution is 0.0758. The Balaban J connectivity index is 1.51. The van der Waals surface area contributed by atoms with Gasteiger partial charge in [-0.2, -0.15) is 0 Å². The van der Waals surface area contributed by atoms with Crippen molar-refractivity contribution in [3.8, 4) is 16.9 Å². The fraction of sp³-hybridized carbons (Fsp3) is 0.429. The number of benzene rings is 1. The molecule has 4 rings (SSSR count). The van der Waals surface area contributed by atoms with Crippen molar-refractivity contribution < 1.29 is 9.53 Å². The van der Waals surface area contributed by atoms with Crippen molar-refractivity contribution in [3.05, 3.63) is 48.3 Å². The Morgan fingerprint density at radius 1 is 1.08 bits per heavy atom. The zero-order valence-electron chi connectivity index (χ0n) is 15.1. The van der Waals surface area contributed by atoms with Gasteiger partial charge >= 0.3 is 0 Å². The van der Waals surface area contributed by atoms with E-state index < -0.39 is 0 Å². The van der Waals surface area contributed by atoms with Crippen molar-refractivity contribution >= 4 is 5.91 Å². The highest BCUT2D eigenvalue weighted by Gasteiger charge is 2.31. The molecule has 0 unspecified atom stereocenters. The summed E-state index contributed by atoms with van der Waals surface area (Å²) in [5.74, 6) is 2.35. The molecule has 0 bridgehead atoms. The molecule has 5 nitrogen and oxygen atoms in total. The number of fused-ring (bicyclic) bond motifs is 1. The SMILES string of the molecule is COc1ccc(-c2cncc(C(=O)N3CC[C@@H]4CNC[C@@H]4CC3)c2)cc1. The number of ether oxygens (including phenoxy) is 1. The molecule has 2 atom stereocenters. The number of rotatable bonds is 3. The van der Waals surface area contributed by atoms with Crippen molar-refractivity contribution in [2.75, 3.05) is 33.3 Å². The van der Waals surface area contributed by atoms with Crippen LogP contribution in [0.1, 0.15) is 23.2 Å². The molecule has 26 heavy (non-hydrogen) atoms. The van der Waals surface area contributed by atoms with Gasteiger partial charge in [-0.05, 0) is 61.5 Å². The lowest BCUT2D eigenvalue weighted by Crippen LogP contribution is -2.32. The molecule has 1 amide bonds. The van der Waals surface area contributed by atoms with Crippen molar-refractivity contribution in [2.24, 2.45) is 11.8 Å². The van der Waals surface area contributed by atoms with Crippen LogP contribution >= 0.6 is 0 Å². The standard InChI is InChI=1S/C21H25N3O2/c1-26-20-4-2-15(3-5-20)18-10-19(14-23-13-18)21(25)24-8-6-16-11-22-12-17(16)7-9-24/h2-5,10,13-14,16-17,22H,6-9,11-12H2,1H3/t16-,17+. The first-order valence-electron chi connectivity index (χ1n) is 9.34. The molecular weight excluding hydrogens is 326 g/mol. The Morgan fingerprint density at radius 2 is 1.77 bits per heavy atom. The highest BCUT2D eigenvalue weighted by molar-refractivity contribution is 5.95. The van der Waals surface area contributed by atoms with E-state index >= 15 is 0 Å². The second kappa shape index (κ2) is 7.46. The molecule has 2 aromatic rings. The number of nitrogens with one attached hydrogen (secondary N) is 1. The molecule has 2 aliphatic rings. The van der Waals surface area contributed by atoms with Crippen LogP contribution in [0.15, 0.2) is 42.7 Å². The van der Waals surface area contributed by atoms with Crippen LogP contribution in [0.3, 0.4) is 0 Å². The number of amides is 1. The minimum absolute atomic E-state index is 0.0980. The molecule has 1 aromatic carbocycles. The maximum atomic E-state index is 13.0. The van der Waals surface area contributed by atoms with E-state index in [0.29, 0.717) is 5.56 Å². The quantitative estimate of drug-likeness (QED) is 0.924. The van der Waals surface area contributed by atoms with Crippen LogP contribution < -0.4 is 10.1 Å². The van der Waals surface area contributed by atoms with E-state index in [4.69, 9.17) is 4.74 Å². The molecule has 1 N–H and O–H groups in total. The molecule has 5 heteroatoms. The van der Waals surface area contributed by atoms with E-state index in [2.05, 4.69) is 10.3 Å². The monoisotopic (exact) mass is 351 g/mol. The molecule has 0 aliphatic carbocycles. The van der Waals surface area contributed by atoms with E-state index in [-0.39, 0.29) is 5.91 Å². The maximum Gasteiger partial charge on any atom is 0.255 e. The van der Waals surface area contributed by atoms with Gasteiger partial charge in [-0.25, -0.2) is 0 Å². The lowest BCUT2D eigenvalue weighted by Gasteiger charge is -2.21. The van der Waals surface area contributed by atoms with Crippen molar-refractivity contribution in [2.45, 2.75) is 12.8 Å². The summed E-state index contributed by atoms with van der Waals surface area (Å²) in [7, 11) is 1.65. The van der Waals surface area contributed by atoms with Gasteiger partial charge in [-0.1, -0.05) is 12.1 Å². The van der Waals surface area contributed by atoms with Gasteiger partial charge in [-0.15, -0.1) is 0 Å². The van der Waals surface area contributed by atoms with Crippen LogP contribution in [0.4, 0.5) is 0 Å². The zero-order chi connectivity index (χ0) is 17.9. The number of methoxy groups -OCH3 is 1. The van der Waals surface area contributed by atoms with Gasteiger partial charge in [0.1, 0.15) is 5.75 Å². The van der Waals surface area contributed by atoms with Crippen LogP contribution in [0.5, 0.6) is 5.75 Å². The van der Waals surface area contributed by atoms with E-state index in [0.717, 1.165) is 67.7 Å². The minimum Gasteiger partial charge on any atom is -0.497 e. The second-order valence-corrected chi connectivity index (χ2v) is 7.24. The third-order valence-corrected chi connectivity index (χ3v) is 5.72. The first-order chi connectivity index (χ1) is 12.7. The molecule has 0 saturated carbocycles. The topological polar surface area (TPSA) is 54.5 Å². The Labute approximate surface area is 154 Å². The summed E-state index contributed by atoms with van der Waals surface area (Å²) in [6, 6.07) is 9.77. The minimum atomic E-state index is 0.0980. The van der Waals surface area contributed by atoms with Gasteiger partial charge in [0.05, 0.1) is 12.7 Å². The van der Waals surface area contributed by atoms with Gasteiger partial charge in [0.2, 0.25) is 0 Å². The number of hydrogen-bond acceptors (Lipinski definition) is 4. The average molecular weight is 351 g/mol. The van der Waals surface area contributed by atoms with E-state index in [9.17, 15) is 4.79 Å². The van der Waals surface area contributed by atoms with Crippen molar-refractivity contribution in [1.29, 1.82) is 0 Å². The number of carbonyl (C=O) groups is 1. The fourth-order valence-corrected chi connectivity index (χ4v) is 4.10. The fourth-order valence-electron chi connectivity index (χ4n) is 4.10. The van der Waals surface area contributed by atoms with Crippen LogP contribution in [-0.4, -0.2) is 49.1 Å². The molecule has 2 fully saturated rings. The van der Waals surface area contributed by atoms with E-state index in [1.54, 1.807) is 19.5 Å². The number of pyridine rings is 1. The summed E-state index contributed by atoms with van der Waals surface area (Å²) >= 11 is 0. The summed E-state index contributed by atoms with van der Waals surface area (Å²) in [6.45, 7) is 3.88. The Morgan fingerprint density at radius 3 is 2.42 bits per heavy atom. The van der Waals surface area contributed by atoms with Gasteiger partial charge in [0.15, 0.2) is 0 Å². The molecule has 2 saturated heterocycles. The first kappa shape index (κ1) is 17.0. The summed E-state index contributed by atoms with van der Waals surface area (Å²) < 4.78 is 5.21. The van der Waals surface area contributed by atoms with Gasteiger partial charge in [0, 0.05) is 31.0 Å². The molecule has 3 heterocycles. The largest absolute Gasteiger partial charge is 0.497 e. The Hall–Kier alpha value is -2.40. The third-order valence-electron chi connectivity index (χ3n) is 5.72. The van der Waals surface area contributed by atoms with E-state index in [1.807, 2.05) is 35.2 Å². The first-order valence-corrected chi connectivity index (χ1v) is 9.34. The maximum absolute atomic E-state index is 13.0. The Kier molecular flexibility index (Phi) is 4.89. The van der Waals surface area contributed by atoms with Gasteiger partial charge in [-0.3, -0.25) is 9.78 Å². The van der Waals surface area contributed by atoms with Crippen LogP contribution in [0, 0.1) is 11.8 Å². The number of likely N-dealkylation sites (tertiary alicyclic amines) is 1. The van der Waals surface area contributed by atoms with E-state index in [1.165, 1.54) is 0 Å². The summed E-state index contributed by atoms with van der Waals surface area (Å²) in [6.07, 6.45) is 5.67. The summed E-state index contributed by atoms with van der Waals surface area (Å²) in [5, 5.41) is 3.48. The molecule has 0 radical (unpaired) electrons. The molecule has 136 valence electrons. The highest BCUT2D eigenvalue weighted by atomic mass is 16.5. The second-order valence-electron chi connectivity index (χ2n) is 7.24. The molecule has 2 aliphatic heterocycles. The van der Waals surface area contributed by atoms with Crippen LogP contribution in [0.2, 0.25) is 0 Å². The lowest BCUT2D eigenvalue weighted by atomic mass is 9.92. The van der Waals surface area contributed by atoms with Crippen LogP contribution in [-0.2, 0) is 0 Å². The highest BCUT2D eigenvalue weighted by Crippen LogP contribution is 2.28. The molecular formula is C21H25N3O2. The predicted molar refractivity (Wildman–Crippen MR) is 101 cm³/mol. The average Bonchev–Trinajstić information content (AvgIpc) is 3.06. The van der Waals surface area contributed by atoms with Gasteiger partial charge < -0.3 is 15.0 Å². The van der Waals surface area contributed by atoms with Crippen molar-refractivity contribution in [3.63, 3.8) is 0 Å². The zero-order valence-corrected chi connectivity index (χ0v) is 15.1. The molecule has 0 spiro atoms. The number of aromatic nitrogens is 1. The summed E-state index contributed by atoms with van der Waals surface area (Å²) in [4.78, 5) is 19.3. The van der Waals surface area contributed by atoms with Crippen molar-refractivity contribution in [1.82, 2.24) is 15.2 Å². The third kappa shape index (κ3) is 3.44. The number of carbonyl (C=O) groups excluding carboxylic acids is 1. The number of hydrogen-bond donors (Lipinski definition) is 1. The number of nitrogens with zero attached hydrogens (tertiary/aromatic N) is 2. The molecule has 1 aromatic heterocycles. The smallest absolute Gasteiger partial charge is 0.255 e. The van der Waals surface area contributed by atoms with Gasteiger partial charge in [0.25, 0.3) is 5.91 Å². The van der Waals surface area contributed by atoms with Crippen LogP contribution in [0.25, 0.3) is 11.1 Å². The Bertz CT molecular complexity index is 761.